The van der Waals surface area contributed by atoms with Gasteiger partial charge in [-0.15, -0.1) is 11.3 Å². The maximum atomic E-state index is 13.5. The van der Waals surface area contributed by atoms with Crippen LogP contribution in [0.5, 0.6) is 0 Å². The van der Waals surface area contributed by atoms with Crippen molar-refractivity contribution in [1.29, 1.82) is 0 Å². The lowest BCUT2D eigenvalue weighted by atomic mass is 10.3. The highest BCUT2D eigenvalue weighted by Gasteiger charge is 2.12. The smallest absolute Gasteiger partial charge is 0.201 e. The second kappa shape index (κ2) is 5.14. The molecule has 0 aliphatic rings. The highest BCUT2D eigenvalue weighted by atomic mass is 79.9. The average Bonchev–Trinajstić information content (AvgIpc) is 2.92. The van der Waals surface area contributed by atoms with Gasteiger partial charge in [-0.05, 0) is 28.9 Å². The quantitative estimate of drug-likeness (QED) is 0.782. The van der Waals surface area contributed by atoms with E-state index in [1.165, 1.54) is 6.07 Å². The molecule has 104 valence electrons. The van der Waals surface area contributed by atoms with Gasteiger partial charge in [-0.2, -0.15) is 0 Å². The normalized spacial score (nSPS) is 11.3. The van der Waals surface area contributed by atoms with Crippen LogP contribution in [0.2, 0.25) is 0 Å². The number of nitrogens with two attached hydrogens (primary N) is 1. The summed E-state index contributed by atoms with van der Waals surface area (Å²) in [6.45, 7) is 2.65. The van der Waals surface area contributed by atoms with Gasteiger partial charge in [0.25, 0.3) is 0 Å². The van der Waals surface area contributed by atoms with Gasteiger partial charge < -0.3 is 10.3 Å². The molecule has 0 aliphatic heterocycles. The molecule has 0 saturated carbocycles. The molecule has 0 bridgehead atoms. The zero-order chi connectivity index (χ0) is 14.3. The first-order valence-electron chi connectivity index (χ1n) is 6.06. The molecule has 7 heteroatoms. The molecule has 20 heavy (non-hydrogen) atoms. The van der Waals surface area contributed by atoms with Gasteiger partial charge in [0.15, 0.2) is 0 Å². The number of halogens is 2. The molecular formula is C13H12BrFN4S. The van der Waals surface area contributed by atoms with Crippen LogP contribution in [0.25, 0.3) is 11.0 Å². The fourth-order valence-corrected chi connectivity index (χ4v) is 3.20. The van der Waals surface area contributed by atoms with Crippen LogP contribution < -0.4 is 5.73 Å². The number of benzene rings is 1. The Bertz CT molecular complexity index is 780. The van der Waals surface area contributed by atoms with Crippen LogP contribution in [0.4, 0.5) is 10.3 Å². The van der Waals surface area contributed by atoms with Crippen LogP contribution >= 0.6 is 27.3 Å². The van der Waals surface area contributed by atoms with Crippen molar-refractivity contribution in [3.63, 3.8) is 0 Å². The van der Waals surface area contributed by atoms with E-state index in [9.17, 15) is 4.39 Å². The van der Waals surface area contributed by atoms with Gasteiger partial charge in [-0.3, -0.25) is 0 Å². The maximum Gasteiger partial charge on any atom is 0.201 e. The highest BCUT2D eigenvalue weighted by molar-refractivity contribution is 9.10. The molecule has 2 heterocycles. The zero-order valence-corrected chi connectivity index (χ0v) is 13.1. The van der Waals surface area contributed by atoms with Gasteiger partial charge in [0, 0.05) is 30.1 Å². The van der Waals surface area contributed by atoms with Crippen LogP contribution in [0.3, 0.4) is 0 Å². The third-order valence-electron chi connectivity index (χ3n) is 3.04. The summed E-state index contributed by atoms with van der Waals surface area (Å²) in [5, 5.41) is 3.08. The van der Waals surface area contributed by atoms with E-state index in [-0.39, 0.29) is 5.82 Å². The summed E-state index contributed by atoms with van der Waals surface area (Å²) < 4.78 is 15.8. The summed E-state index contributed by atoms with van der Waals surface area (Å²) in [5.41, 5.74) is 8.34. The predicted molar refractivity (Wildman–Crippen MR) is 82.4 cm³/mol. The minimum Gasteiger partial charge on any atom is -0.369 e. The topological polar surface area (TPSA) is 56.7 Å². The van der Waals surface area contributed by atoms with E-state index < -0.39 is 0 Å². The van der Waals surface area contributed by atoms with Gasteiger partial charge in [0.2, 0.25) is 5.95 Å². The minimum absolute atomic E-state index is 0.335. The maximum absolute atomic E-state index is 13.5. The lowest BCUT2D eigenvalue weighted by Gasteiger charge is -2.05. The van der Waals surface area contributed by atoms with Gasteiger partial charge in [0.05, 0.1) is 20.5 Å². The Hall–Kier alpha value is -1.47. The van der Waals surface area contributed by atoms with Crippen molar-refractivity contribution >= 4 is 44.2 Å². The van der Waals surface area contributed by atoms with Gasteiger partial charge in [-0.25, -0.2) is 14.4 Å². The SMILES string of the molecule is Cc1csc(CCn2c(N)nc3cc(F)c(Br)cc32)n1. The fourth-order valence-electron chi connectivity index (χ4n) is 2.10. The number of imidazole rings is 1. The van der Waals surface area contributed by atoms with Crippen LogP contribution in [0.1, 0.15) is 10.7 Å². The molecule has 0 fully saturated rings. The molecule has 0 spiro atoms. The monoisotopic (exact) mass is 354 g/mol. The Balaban J connectivity index is 1.94. The summed E-state index contributed by atoms with van der Waals surface area (Å²) >= 11 is 4.83. The number of aromatic nitrogens is 3. The molecular weight excluding hydrogens is 343 g/mol. The largest absolute Gasteiger partial charge is 0.369 e. The van der Waals surface area contributed by atoms with Crippen molar-refractivity contribution in [1.82, 2.24) is 14.5 Å². The van der Waals surface area contributed by atoms with E-state index >= 15 is 0 Å². The lowest BCUT2D eigenvalue weighted by molar-refractivity contribution is 0.622. The standard InChI is InChI=1S/C13H12BrFN4S/c1-7-6-20-12(17-7)2-3-19-11-4-8(14)9(15)5-10(11)18-13(19)16/h4-6H,2-3H2,1H3,(H2,16,18). The predicted octanol–water partition coefficient (Wildman–Crippen LogP) is 3.53. The second-order valence-electron chi connectivity index (χ2n) is 4.51. The first-order chi connectivity index (χ1) is 9.54. The van der Waals surface area contributed by atoms with E-state index in [1.807, 2.05) is 16.9 Å². The molecule has 2 N–H and O–H groups in total. The molecule has 0 atom stereocenters. The number of aryl methyl sites for hydroxylation is 3. The summed E-state index contributed by atoms with van der Waals surface area (Å²) in [7, 11) is 0. The third kappa shape index (κ3) is 2.43. The molecule has 4 nitrogen and oxygen atoms in total. The number of thiazole rings is 1. The Morgan fingerprint density at radius 2 is 2.20 bits per heavy atom. The van der Waals surface area contributed by atoms with E-state index in [4.69, 9.17) is 5.73 Å². The van der Waals surface area contributed by atoms with E-state index in [0.29, 0.717) is 22.5 Å². The van der Waals surface area contributed by atoms with Crippen LogP contribution in [-0.2, 0) is 13.0 Å². The Morgan fingerprint density at radius 3 is 2.90 bits per heavy atom. The summed E-state index contributed by atoms with van der Waals surface area (Å²) in [6.07, 6.45) is 0.781. The first-order valence-corrected chi connectivity index (χ1v) is 7.73. The summed E-state index contributed by atoms with van der Waals surface area (Å²) in [5.74, 6) is 0.0588. The molecule has 2 aromatic heterocycles. The molecule has 0 unspecified atom stereocenters. The van der Waals surface area contributed by atoms with Crippen LogP contribution in [-0.4, -0.2) is 14.5 Å². The summed E-state index contributed by atoms with van der Waals surface area (Å²) in [4.78, 5) is 8.62. The number of fused-ring (bicyclic) bond motifs is 1. The number of anilines is 1. The van der Waals surface area contributed by atoms with E-state index in [2.05, 4.69) is 25.9 Å². The molecule has 0 aliphatic carbocycles. The third-order valence-corrected chi connectivity index (χ3v) is 4.67. The van der Waals surface area contributed by atoms with Gasteiger partial charge >= 0.3 is 0 Å². The highest BCUT2D eigenvalue weighted by Crippen LogP contribution is 2.25. The van der Waals surface area contributed by atoms with Crippen molar-refractivity contribution < 1.29 is 4.39 Å². The number of hydrogen-bond donors (Lipinski definition) is 1. The molecule has 1 aromatic carbocycles. The van der Waals surface area contributed by atoms with E-state index in [0.717, 1.165) is 22.6 Å². The first kappa shape index (κ1) is 13.5. The minimum atomic E-state index is -0.335. The van der Waals surface area contributed by atoms with Crippen LogP contribution in [0.15, 0.2) is 22.0 Å². The Morgan fingerprint density at radius 1 is 1.40 bits per heavy atom. The second-order valence-corrected chi connectivity index (χ2v) is 6.31. The fraction of sp³-hybridized carbons (Fsp3) is 0.231. The van der Waals surface area contributed by atoms with Crippen LogP contribution in [0, 0.1) is 12.7 Å². The lowest BCUT2D eigenvalue weighted by Crippen LogP contribution is -2.05. The van der Waals surface area contributed by atoms with Crippen molar-refractivity contribution in [3.8, 4) is 0 Å². The average molecular weight is 355 g/mol. The van der Waals surface area contributed by atoms with Crippen molar-refractivity contribution in [2.24, 2.45) is 0 Å². The number of nitrogens with zero attached hydrogens (tertiary/aromatic N) is 3. The van der Waals surface area contributed by atoms with Gasteiger partial charge in [0.1, 0.15) is 5.82 Å². The molecule has 0 amide bonds. The molecule has 3 aromatic rings. The molecule has 0 saturated heterocycles. The number of nitrogen functional groups attached to an aromatic ring is 1. The zero-order valence-electron chi connectivity index (χ0n) is 10.7. The van der Waals surface area contributed by atoms with Crippen molar-refractivity contribution in [2.45, 2.75) is 19.9 Å². The molecule has 3 rings (SSSR count). The van der Waals surface area contributed by atoms with Crippen molar-refractivity contribution in [3.05, 3.63) is 38.5 Å². The number of rotatable bonds is 3. The Kier molecular flexibility index (Phi) is 3.47. The Labute approximate surface area is 127 Å². The van der Waals surface area contributed by atoms with Crippen molar-refractivity contribution in [2.75, 3.05) is 5.73 Å². The van der Waals surface area contributed by atoms with E-state index in [1.54, 1.807) is 17.4 Å². The number of hydrogen-bond acceptors (Lipinski definition) is 4. The summed E-state index contributed by atoms with van der Waals surface area (Å²) in [6, 6.07) is 3.10. The molecule has 0 radical (unpaired) electrons. The van der Waals surface area contributed by atoms with Gasteiger partial charge in [-0.1, -0.05) is 0 Å².